The minimum Gasteiger partial charge on any atom is -0.276 e. The SMILES string of the molecule is FC(F)(F)CC(N=C(c1ccccc1)c1ccccc1)c1ccc(Br)cc1. The largest absolute Gasteiger partial charge is 0.391 e. The van der Waals surface area contributed by atoms with Crippen LogP contribution in [0.25, 0.3) is 0 Å². The summed E-state index contributed by atoms with van der Waals surface area (Å²) in [4.78, 5) is 4.58. The molecule has 0 fully saturated rings. The van der Waals surface area contributed by atoms with Gasteiger partial charge in [-0.15, -0.1) is 0 Å². The van der Waals surface area contributed by atoms with E-state index >= 15 is 0 Å². The zero-order valence-electron chi connectivity index (χ0n) is 14.3. The summed E-state index contributed by atoms with van der Waals surface area (Å²) in [6.45, 7) is 0. The molecule has 0 saturated carbocycles. The summed E-state index contributed by atoms with van der Waals surface area (Å²) in [6.07, 6.45) is -5.34. The Morgan fingerprint density at radius 3 is 1.70 bits per heavy atom. The Morgan fingerprint density at radius 2 is 1.26 bits per heavy atom. The molecule has 3 aromatic carbocycles. The van der Waals surface area contributed by atoms with Crippen molar-refractivity contribution in [1.29, 1.82) is 0 Å². The lowest BCUT2D eigenvalue weighted by Crippen LogP contribution is -2.15. The number of aliphatic imine (C=N–C) groups is 1. The Bertz CT molecular complexity index is 847. The maximum Gasteiger partial charge on any atom is 0.391 e. The standard InChI is InChI=1S/C22H17BrF3N/c23-19-13-11-16(12-14-19)20(15-22(24,25)26)27-21(17-7-3-1-4-8-17)18-9-5-2-6-10-18/h1-14,20H,15H2. The van der Waals surface area contributed by atoms with Crippen LogP contribution in [0.5, 0.6) is 0 Å². The molecule has 138 valence electrons. The van der Waals surface area contributed by atoms with Gasteiger partial charge in [0.15, 0.2) is 0 Å². The van der Waals surface area contributed by atoms with Crippen molar-refractivity contribution in [2.75, 3.05) is 0 Å². The van der Waals surface area contributed by atoms with Crippen LogP contribution in [0.1, 0.15) is 29.2 Å². The van der Waals surface area contributed by atoms with E-state index in [9.17, 15) is 13.2 Å². The third-order valence-electron chi connectivity index (χ3n) is 4.06. The third kappa shape index (κ3) is 5.54. The van der Waals surface area contributed by atoms with E-state index in [1.165, 1.54) is 0 Å². The van der Waals surface area contributed by atoms with E-state index in [4.69, 9.17) is 0 Å². The van der Waals surface area contributed by atoms with Gasteiger partial charge in [-0.25, -0.2) is 0 Å². The van der Waals surface area contributed by atoms with Gasteiger partial charge in [-0.3, -0.25) is 4.99 Å². The molecule has 3 rings (SSSR count). The van der Waals surface area contributed by atoms with Crippen molar-refractivity contribution >= 4 is 21.6 Å². The predicted molar refractivity (Wildman–Crippen MR) is 106 cm³/mol. The first-order valence-electron chi connectivity index (χ1n) is 8.43. The summed E-state index contributed by atoms with van der Waals surface area (Å²) in [7, 11) is 0. The zero-order chi connectivity index (χ0) is 19.3. The fraction of sp³-hybridized carbons (Fsp3) is 0.136. The smallest absolute Gasteiger partial charge is 0.276 e. The van der Waals surface area contributed by atoms with Gasteiger partial charge >= 0.3 is 6.18 Å². The van der Waals surface area contributed by atoms with E-state index in [0.29, 0.717) is 11.3 Å². The molecule has 0 spiro atoms. The van der Waals surface area contributed by atoms with Gasteiger partial charge in [0.1, 0.15) is 0 Å². The Hall–Kier alpha value is -2.40. The summed E-state index contributed by atoms with van der Waals surface area (Å²) in [5.74, 6) is 0. The Balaban J connectivity index is 2.11. The number of rotatable bonds is 5. The van der Waals surface area contributed by atoms with Gasteiger partial charge in [0.05, 0.1) is 18.2 Å². The summed E-state index contributed by atoms with van der Waals surface area (Å²) in [5.41, 5.74) is 2.65. The molecule has 5 heteroatoms. The van der Waals surface area contributed by atoms with Crippen molar-refractivity contribution in [3.8, 4) is 0 Å². The van der Waals surface area contributed by atoms with Gasteiger partial charge in [0.2, 0.25) is 0 Å². The van der Waals surface area contributed by atoms with Gasteiger partial charge in [0.25, 0.3) is 0 Å². The van der Waals surface area contributed by atoms with Crippen molar-refractivity contribution < 1.29 is 13.2 Å². The maximum atomic E-state index is 13.2. The van der Waals surface area contributed by atoms with E-state index in [-0.39, 0.29) is 0 Å². The first kappa shape index (κ1) is 19.4. The summed E-state index contributed by atoms with van der Waals surface area (Å²) >= 11 is 3.32. The molecule has 0 aliphatic carbocycles. The zero-order valence-corrected chi connectivity index (χ0v) is 15.9. The van der Waals surface area contributed by atoms with Gasteiger partial charge in [-0.1, -0.05) is 88.7 Å². The van der Waals surface area contributed by atoms with Crippen molar-refractivity contribution in [2.24, 2.45) is 4.99 Å². The first-order chi connectivity index (χ1) is 12.9. The van der Waals surface area contributed by atoms with Crippen LogP contribution in [-0.2, 0) is 0 Å². The van der Waals surface area contributed by atoms with Gasteiger partial charge in [-0.05, 0) is 17.7 Å². The number of nitrogens with zero attached hydrogens (tertiary/aromatic N) is 1. The number of halogens is 4. The number of hydrogen-bond acceptors (Lipinski definition) is 1. The number of hydrogen-bond donors (Lipinski definition) is 0. The van der Waals surface area contributed by atoms with Crippen molar-refractivity contribution in [3.63, 3.8) is 0 Å². The van der Waals surface area contributed by atoms with E-state index in [1.807, 2.05) is 60.7 Å². The van der Waals surface area contributed by atoms with E-state index < -0.39 is 18.6 Å². The van der Waals surface area contributed by atoms with Crippen LogP contribution >= 0.6 is 15.9 Å². The molecular weight excluding hydrogens is 415 g/mol. The third-order valence-corrected chi connectivity index (χ3v) is 4.59. The molecule has 0 bridgehead atoms. The normalized spacial score (nSPS) is 12.4. The van der Waals surface area contributed by atoms with Crippen molar-refractivity contribution in [1.82, 2.24) is 0 Å². The minimum absolute atomic E-state index is 0.528. The fourth-order valence-corrected chi connectivity index (χ4v) is 3.07. The fourth-order valence-electron chi connectivity index (χ4n) is 2.81. The monoisotopic (exact) mass is 431 g/mol. The lowest BCUT2D eigenvalue weighted by atomic mass is 9.99. The lowest BCUT2D eigenvalue weighted by Gasteiger charge is -2.18. The second-order valence-corrected chi connectivity index (χ2v) is 7.01. The van der Waals surface area contributed by atoms with E-state index in [2.05, 4.69) is 20.9 Å². The molecule has 0 aromatic heterocycles. The van der Waals surface area contributed by atoms with Crippen LogP contribution in [0, 0.1) is 0 Å². The van der Waals surface area contributed by atoms with Gasteiger partial charge < -0.3 is 0 Å². The average Bonchev–Trinajstić information content (AvgIpc) is 2.66. The van der Waals surface area contributed by atoms with Crippen LogP contribution in [0.2, 0.25) is 0 Å². The highest BCUT2D eigenvalue weighted by Crippen LogP contribution is 2.33. The molecule has 0 heterocycles. The Morgan fingerprint density at radius 1 is 0.778 bits per heavy atom. The quantitative estimate of drug-likeness (QED) is 0.386. The topological polar surface area (TPSA) is 12.4 Å². The van der Waals surface area contributed by atoms with Crippen molar-refractivity contribution in [3.05, 3.63) is 106 Å². The highest BCUT2D eigenvalue weighted by atomic mass is 79.9. The molecule has 0 N–H and O–H groups in total. The molecular formula is C22H17BrF3N. The molecule has 1 unspecified atom stereocenters. The predicted octanol–water partition coefficient (Wildman–Crippen LogP) is 6.98. The van der Waals surface area contributed by atoms with Gasteiger partial charge in [-0.2, -0.15) is 13.2 Å². The van der Waals surface area contributed by atoms with Gasteiger partial charge in [0, 0.05) is 15.6 Å². The molecule has 27 heavy (non-hydrogen) atoms. The van der Waals surface area contributed by atoms with Crippen LogP contribution in [0.15, 0.2) is 94.4 Å². The summed E-state index contributed by atoms with van der Waals surface area (Å²) < 4.78 is 40.6. The second-order valence-electron chi connectivity index (χ2n) is 6.10. The molecule has 0 aliphatic rings. The average molecular weight is 432 g/mol. The Kier molecular flexibility index (Phi) is 6.11. The van der Waals surface area contributed by atoms with Crippen LogP contribution in [0.3, 0.4) is 0 Å². The maximum absolute atomic E-state index is 13.2. The summed E-state index contributed by atoms with van der Waals surface area (Å²) in [5, 5.41) is 0. The number of alkyl halides is 3. The molecule has 0 amide bonds. The minimum atomic E-state index is -4.32. The second kappa shape index (κ2) is 8.53. The molecule has 0 aliphatic heterocycles. The highest BCUT2D eigenvalue weighted by molar-refractivity contribution is 9.10. The van der Waals surface area contributed by atoms with Crippen molar-refractivity contribution in [2.45, 2.75) is 18.6 Å². The van der Waals surface area contributed by atoms with E-state index in [0.717, 1.165) is 15.6 Å². The summed E-state index contributed by atoms with van der Waals surface area (Å²) in [6, 6.07) is 24.4. The molecule has 0 saturated heterocycles. The Labute approximate surface area is 164 Å². The molecule has 3 aromatic rings. The van der Waals surface area contributed by atoms with Crippen LogP contribution in [0.4, 0.5) is 13.2 Å². The lowest BCUT2D eigenvalue weighted by molar-refractivity contribution is -0.138. The van der Waals surface area contributed by atoms with Crippen LogP contribution in [-0.4, -0.2) is 11.9 Å². The van der Waals surface area contributed by atoms with E-state index in [1.54, 1.807) is 24.3 Å². The molecule has 1 nitrogen and oxygen atoms in total. The number of benzene rings is 3. The molecule has 1 atom stereocenters. The molecule has 0 radical (unpaired) electrons. The highest BCUT2D eigenvalue weighted by Gasteiger charge is 2.33. The first-order valence-corrected chi connectivity index (χ1v) is 9.22. The van der Waals surface area contributed by atoms with Crippen LogP contribution < -0.4 is 0 Å².